The third-order valence-electron chi connectivity index (χ3n) is 5.07. The summed E-state index contributed by atoms with van der Waals surface area (Å²) in [5.41, 5.74) is 6.39. The van der Waals surface area contributed by atoms with Crippen LogP contribution in [0.5, 0.6) is 0 Å². The Balaban J connectivity index is 1.63. The Morgan fingerprint density at radius 2 is 2.08 bits per heavy atom. The molecule has 4 nitrogen and oxygen atoms in total. The van der Waals surface area contributed by atoms with Gasteiger partial charge in [0.1, 0.15) is 6.33 Å². The van der Waals surface area contributed by atoms with Crippen LogP contribution in [0.3, 0.4) is 0 Å². The van der Waals surface area contributed by atoms with E-state index in [1.54, 1.807) is 6.33 Å². The van der Waals surface area contributed by atoms with Crippen LogP contribution >= 0.6 is 0 Å². The van der Waals surface area contributed by atoms with Crippen LogP contribution in [0.2, 0.25) is 0 Å². The van der Waals surface area contributed by atoms with E-state index in [1.165, 1.54) is 22.4 Å². The number of hydrogen-bond donors (Lipinski definition) is 1. The molecule has 0 saturated heterocycles. The van der Waals surface area contributed by atoms with E-state index in [0.29, 0.717) is 6.04 Å². The van der Waals surface area contributed by atoms with Crippen molar-refractivity contribution in [2.45, 2.75) is 38.9 Å². The first-order valence-electron chi connectivity index (χ1n) is 8.82. The van der Waals surface area contributed by atoms with Gasteiger partial charge in [-0.1, -0.05) is 36.4 Å². The minimum atomic E-state index is 0.499. The first-order valence-corrected chi connectivity index (χ1v) is 8.82. The van der Waals surface area contributed by atoms with Crippen LogP contribution < -0.4 is 5.32 Å². The zero-order chi connectivity index (χ0) is 16.4. The quantitative estimate of drug-likeness (QED) is 0.944. The molecule has 0 fully saturated rings. The highest BCUT2D eigenvalue weighted by Crippen LogP contribution is 2.28. The van der Waals surface area contributed by atoms with E-state index in [-0.39, 0.29) is 0 Å². The molecule has 4 rings (SSSR count). The van der Waals surface area contributed by atoms with E-state index in [0.717, 1.165) is 44.7 Å². The highest BCUT2D eigenvalue weighted by Gasteiger charge is 2.27. The third kappa shape index (κ3) is 3.12. The van der Waals surface area contributed by atoms with Crippen molar-refractivity contribution in [1.82, 2.24) is 20.2 Å². The second-order valence-corrected chi connectivity index (χ2v) is 6.79. The first-order chi connectivity index (χ1) is 11.8. The molecule has 0 radical (unpaired) electrons. The summed E-state index contributed by atoms with van der Waals surface area (Å²) in [4.78, 5) is 11.8. The number of nitrogens with one attached hydrogen (secondary N) is 1. The maximum absolute atomic E-state index is 4.64. The SMILES string of the molecule is CC1Cc2ncnc(C3=CCCNC3)c2CN1Cc1ccccc1. The predicted molar refractivity (Wildman–Crippen MR) is 96.4 cm³/mol. The summed E-state index contributed by atoms with van der Waals surface area (Å²) >= 11 is 0. The summed E-state index contributed by atoms with van der Waals surface area (Å²) in [6.07, 6.45) is 6.15. The molecular formula is C20H24N4. The van der Waals surface area contributed by atoms with Crippen LogP contribution in [0.1, 0.15) is 35.9 Å². The molecule has 2 aliphatic heterocycles. The van der Waals surface area contributed by atoms with Gasteiger partial charge in [-0.3, -0.25) is 4.90 Å². The second-order valence-electron chi connectivity index (χ2n) is 6.79. The van der Waals surface area contributed by atoms with Crippen LogP contribution in [0.4, 0.5) is 0 Å². The summed E-state index contributed by atoms with van der Waals surface area (Å²) in [6, 6.07) is 11.2. The molecule has 0 spiro atoms. The second kappa shape index (κ2) is 6.83. The molecule has 0 amide bonds. The molecule has 2 aliphatic rings. The van der Waals surface area contributed by atoms with Crippen LogP contribution in [0.25, 0.3) is 5.57 Å². The van der Waals surface area contributed by atoms with Crippen molar-refractivity contribution >= 4 is 5.57 Å². The summed E-state index contributed by atoms with van der Waals surface area (Å²) in [6.45, 7) is 6.19. The molecule has 1 N–H and O–H groups in total. The van der Waals surface area contributed by atoms with Gasteiger partial charge in [0, 0.05) is 37.7 Å². The lowest BCUT2D eigenvalue weighted by Crippen LogP contribution is -2.39. The fourth-order valence-corrected chi connectivity index (χ4v) is 3.69. The summed E-state index contributed by atoms with van der Waals surface area (Å²) in [7, 11) is 0. The van der Waals surface area contributed by atoms with Crippen molar-refractivity contribution in [3.05, 3.63) is 65.2 Å². The van der Waals surface area contributed by atoms with Gasteiger partial charge in [0.25, 0.3) is 0 Å². The van der Waals surface area contributed by atoms with Gasteiger partial charge in [0.15, 0.2) is 0 Å². The van der Waals surface area contributed by atoms with Gasteiger partial charge in [-0.05, 0) is 31.0 Å². The number of nitrogens with zero attached hydrogens (tertiary/aromatic N) is 3. The normalized spacial score (nSPS) is 21.2. The molecule has 1 unspecified atom stereocenters. The first kappa shape index (κ1) is 15.5. The highest BCUT2D eigenvalue weighted by atomic mass is 15.2. The van der Waals surface area contributed by atoms with Crippen LogP contribution in [0.15, 0.2) is 42.7 Å². The van der Waals surface area contributed by atoms with E-state index < -0.39 is 0 Å². The molecule has 1 atom stereocenters. The molecule has 0 bridgehead atoms. The van der Waals surface area contributed by atoms with E-state index in [4.69, 9.17) is 0 Å². The molecule has 1 aromatic carbocycles. The number of hydrogen-bond acceptors (Lipinski definition) is 4. The average Bonchev–Trinajstić information content (AvgIpc) is 2.63. The Bertz CT molecular complexity index is 739. The summed E-state index contributed by atoms with van der Waals surface area (Å²) < 4.78 is 0. The molecule has 2 aromatic rings. The monoisotopic (exact) mass is 320 g/mol. The Kier molecular flexibility index (Phi) is 4.41. The Hall–Kier alpha value is -2.04. The van der Waals surface area contributed by atoms with Gasteiger partial charge in [-0.25, -0.2) is 9.97 Å². The maximum atomic E-state index is 4.64. The fourth-order valence-electron chi connectivity index (χ4n) is 3.69. The van der Waals surface area contributed by atoms with Crippen LogP contribution in [-0.2, 0) is 19.5 Å². The topological polar surface area (TPSA) is 41.1 Å². The van der Waals surface area contributed by atoms with Crippen molar-refractivity contribution in [2.75, 3.05) is 13.1 Å². The van der Waals surface area contributed by atoms with Gasteiger partial charge in [-0.15, -0.1) is 0 Å². The predicted octanol–water partition coefficient (Wildman–Crippen LogP) is 2.80. The fraction of sp³-hybridized carbons (Fsp3) is 0.400. The Morgan fingerprint density at radius 3 is 2.88 bits per heavy atom. The molecule has 0 aliphatic carbocycles. The van der Waals surface area contributed by atoms with Crippen LogP contribution in [0, 0.1) is 0 Å². The molecule has 3 heterocycles. The zero-order valence-electron chi connectivity index (χ0n) is 14.2. The molecule has 4 heteroatoms. The smallest absolute Gasteiger partial charge is 0.116 e. The van der Waals surface area contributed by atoms with Crippen molar-refractivity contribution in [2.24, 2.45) is 0 Å². The van der Waals surface area contributed by atoms with Gasteiger partial charge in [-0.2, -0.15) is 0 Å². The lowest BCUT2D eigenvalue weighted by atomic mass is 9.94. The van der Waals surface area contributed by atoms with Gasteiger partial charge >= 0.3 is 0 Å². The van der Waals surface area contributed by atoms with E-state index in [9.17, 15) is 0 Å². The van der Waals surface area contributed by atoms with Crippen molar-refractivity contribution in [3.63, 3.8) is 0 Å². The zero-order valence-corrected chi connectivity index (χ0v) is 14.2. The maximum Gasteiger partial charge on any atom is 0.116 e. The largest absolute Gasteiger partial charge is 0.312 e. The highest BCUT2D eigenvalue weighted by molar-refractivity contribution is 5.68. The van der Waals surface area contributed by atoms with Gasteiger partial charge in [0.2, 0.25) is 0 Å². The Labute approximate surface area is 143 Å². The molecule has 24 heavy (non-hydrogen) atoms. The standard InChI is InChI=1S/C20H24N4/c1-15-10-19-18(13-24(15)12-16-6-3-2-4-7-16)20(23-14-22-19)17-8-5-9-21-11-17/h2-4,6-8,14-15,21H,5,9-13H2,1H3. The minimum Gasteiger partial charge on any atom is -0.312 e. The van der Waals surface area contributed by atoms with E-state index in [2.05, 4.69) is 63.5 Å². The van der Waals surface area contributed by atoms with Gasteiger partial charge in [0.05, 0.1) is 11.4 Å². The van der Waals surface area contributed by atoms with Gasteiger partial charge < -0.3 is 5.32 Å². The van der Waals surface area contributed by atoms with E-state index in [1.807, 2.05) is 0 Å². The minimum absolute atomic E-state index is 0.499. The van der Waals surface area contributed by atoms with Crippen LogP contribution in [-0.4, -0.2) is 34.0 Å². The van der Waals surface area contributed by atoms with Crippen molar-refractivity contribution in [3.8, 4) is 0 Å². The van der Waals surface area contributed by atoms with Crippen molar-refractivity contribution < 1.29 is 0 Å². The summed E-state index contributed by atoms with van der Waals surface area (Å²) in [5, 5.41) is 3.46. The molecular weight excluding hydrogens is 296 g/mol. The number of aromatic nitrogens is 2. The Morgan fingerprint density at radius 1 is 1.21 bits per heavy atom. The lowest BCUT2D eigenvalue weighted by Gasteiger charge is -2.35. The van der Waals surface area contributed by atoms with Crippen molar-refractivity contribution in [1.29, 1.82) is 0 Å². The summed E-state index contributed by atoms with van der Waals surface area (Å²) in [5.74, 6) is 0. The molecule has 124 valence electrons. The number of benzene rings is 1. The number of rotatable bonds is 3. The third-order valence-corrected chi connectivity index (χ3v) is 5.07. The lowest BCUT2D eigenvalue weighted by molar-refractivity contribution is 0.172. The number of fused-ring (bicyclic) bond motifs is 1. The molecule has 1 aromatic heterocycles. The molecule has 0 saturated carbocycles. The van der Waals surface area contributed by atoms with E-state index >= 15 is 0 Å². The average molecular weight is 320 g/mol.